The van der Waals surface area contributed by atoms with Crippen molar-refractivity contribution in [3.63, 3.8) is 0 Å². The Morgan fingerprint density at radius 2 is 1.86 bits per heavy atom. The highest BCUT2D eigenvalue weighted by Gasteiger charge is 2.28. The Hall–Kier alpha value is -2.37. The van der Waals surface area contributed by atoms with Crippen molar-refractivity contribution in [2.75, 3.05) is 32.5 Å². The number of hydrogen-bond acceptors (Lipinski definition) is 2. The monoisotopic (exact) mass is 400 g/mol. The number of hydrogen-bond donors (Lipinski definition) is 2. The number of amides is 2. The Kier molecular flexibility index (Phi) is 6.70. The number of quaternary nitrogens is 1. The molecule has 6 heteroatoms. The van der Waals surface area contributed by atoms with E-state index < -0.39 is 0 Å². The molecule has 2 aromatic rings. The van der Waals surface area contributed by atoms with Gasteiger partial charge in [0.15, 0.2) is 13.1 Å². The van der Waals surface area contributed by atoms with Gasteiger partial charge in [-0.1, -0.05) is 35.9 Å². The third-order valence-electron chi connectivity index (χ3n) is 5.24. The molecule has 5 nitrogen and oxygen atoms in total. The molecule has 0 aliphatic heterocycles. The average molecular weight is 401 g/mol. The predicted octanol–water partition coefficient (Wildman–Crippen LogP) is 2.33. The minimum absolute atomic E-state index is 0.0542. The van der Waals surface area contributed by atoms with Crippen LogP contribution in [0, 0.1) is 0 Å². The zero-order valence-electron chi connectivity index (χ0n) is 16.4. The lowest BCUT2D eigenvalue weighted by molar-refractivity contribution is -0.862. The Bertz CT molecular complexity index is 838. The lowest BCUT2D eigenvalue weighted by atomic mass is 9.87. The second-order valence-electron chi connectivity index (χ2n) is 7.48. The van der Waals surface area contributed by atoms with Crippen LogP contribution in [0.15, 0.2) is 48.5 Å². The van der Waals surface area contributed by atoms with Gasteiger partial charge in [-0.25, -0.2) is 0 Å². The molecular formula is C22H27ClN3O2+. The molecule has 0 bridgehead atoms. The standard InChI is InChI=1S/C22H26ClN3O2/c1-25(14-21(27)24-18-12-10-17(23)11-13-18)15-22(28)26(2)20-9-5-7-16-6-3-4-8-19(16)20/h3-4,6,8,10-13,20H,5,7,9,14-15H2,1-2H3,(H,24,27)/p+1/t20-/m0/s1. The van der Waals surface area contributed by atoms with Gasteiger partial charge in [0.1, 0.15) is 0 Å². The molecule has 0 heterocycles. The van der Waals surface area contributed by atoms with Gasteiger partial charge < -0.3 is 15.1 Å². The molecule has 3 rings (SSSR count). The van der Waals surface area contributed by atoms with Crippen LogP contribution >= 0.6 is 11.6 Å². The van der Waals surface area contributed by atoms with E-state index in [1.54, 1.807) is 24.3 Å². The van der Waals surface area contributed by atoms with E-state index in [4.69, 9.17) is 11.6 Å². The van der Waals surface area contributed by atoms with Crippen LogP contribution in [-0.4, -0.2) is 43.9 Å². The van der Waals surface area contributed by atoms with Gasteiger partial charge in [-0.3, -0.25) is 9.59 Å². The number of nitrogens with one attached hydrogen (secondary N) is 2. The fourth-order valence-corrected chi connectivity index (χ4v) is 3.89. The second-order valence-corrected chi connectivity index (χ2v) is 7.91. The maximum absolute atomic E-state index is 12.8. The van der Waals surface area contributed by atoms with Crippen LogP contribution in [0.4, 0.5) is 5.69 Å². The first-order chi connectivity index (χ1) is 13.4. The number of halogens is 1. The van der Waals surface area contributed by atoms with E-state index >= 15 is 0 Å². The van der Waals surface area contributed by atoms with Crippen LogP contribution in [-0.2, 0) is 16.0 Å². The SMILES string of the molecule is CN(C(=O)C[NH+](C)CC(=O)Nc1ccc(Cl)cc1)[C@H]1CCCc2ccccc21. The Morgan fingerprint density at radius 3 is 2.61 bits per heavy atom. The van der Waals surface area contributed by atoms with Crippen molar-refractivity contribution < 1.29 is 14.5 Å². The van der Waals surface area contributed by atoms with E-state index in [2.05, 4.69) is 23.5 Å². The van der Waals surface area contributed by atoms with Gasteiger partial charge >= 0.3 is 0 Å². The number of fused-ring (bicyclic) bond motifs is 1. The van der Waals surface area contributed by atoms with E-state index in [9.17, 15) is 9.59 Å². The maximum Gasteiger partial charge on any atom is 0.279 e. The molecule has 0 radical (unpaired) electrons. The van der Waals surface area contributed by atoms with Crippen LogP contribution in [0.1, 0.15) is 30.0 Å². The van der Waals surface area contributed by atoms with Crippen molar-refractivity contribution in [2.24, 2.45) is 0 Å². The molecule has 0 aromatic heterocycles. The van der Waals surface area contributed by atoms with Crippen molar-refractivity contribution >= 4 is 29.1 Å². The van der Waals surface area contributed by atoms with E-state index in [0.717, 1.165) is 24.2 Å². The summed E-state index contributed by atoms with van der Waals surface area (Å²) in [5.41, 5.74) is 3.29. The van der Waals surface area contributed by atoms with Gasteiger partial charge in [0.2, 0.25) is 0 Å². The summed E-state index contributed by atoms with van der Waals surface area (Å²) in [6.45, 7) is 0.507. The fraction of sp³-hybridized carbons (Fsp3) is 0.364. The summed E-state index contributed by atoms with van der Waals surface area (Å²) in [6, 6.07) is 15.5. The predicted molar refractivity (Wildman–Crippen MR) is 112 cm³/mol. The molecule has 2 aromatic carbocycles. The minimum Gasteiger partial charge on any atom is -0.334 e. The van der Waals surface area contributed by atoms with E-state index in [-0.39, 0.29) is 30.9 Å². The number of nitrogens with zero attached hydrogens (tertiary/aromatic N) is 1. The molecule has 1 unspecified atom stereocenters. The summed E-state index contributed by atoms with van der Waals surface area (Å²) in [7, 11) is 3.73. The van der Waals surface area contributed by atoms with Crippen LogP contribution in [0.25, 0.3) is 0 Å². The molecule has 0 spiro atoms. The molecule has 2 amide bonds. The second kappa shape index (κ2) is 9.22. The summed E-state index contributed by atoms with van der Waals surface area (Å²) >= 11 is 5.86. The highest BCUT2D eigenvalue weighted by molar-refractivity contribution is 6.30. The van der Waals surface area contributed by atoms with Gasteiger partial charge in [0, 0.05) is 17.8 Å². The molecule has 0 saturated heterocycles. The maximum atomic E-state index is 12.8. The third kappa shape index (κ3) is 5.12. The van der Waals surface area contributed by atoms with E-state index in [1.165, 1.54) is 11.1 Å². The number of carbonyl (C=O) groups is 2. The van der Waals surface area contributed by atoms with E-state index in [0.29, 0.717) is 10.7 Å². The largest absolute Gasteiger partial charge is 0.334 e. The molecule has 2 atom stereocenters. The quantitative estimate of drug-likeness (QED) is 0.782. The van der Waals surface area contributed by atoms with Crippen molar-refractivity contribution in [1.29, 1.82) is 0 Å². The molecule has 1 aliphatic rings. The summed E-state index contributed by atoms with van der Waals surface area (Å²) in [5, 5.41) is 3.46. The number of rotatable bonds is 6. The molecule has 2 N–H and O–H groups in total. The molecule has 28 heavy (non-hydrogen) atoms. The Morgan fingerprint density at radius 1 is 1.14 bits per heavy atom. The summed E-state index contributed by atoms with van der Waals surface area (Å²) in [4.78, 5) is 27.7. The Balaban J connectivity index is 1.54. The first-order valence-electron chi connectivity index (χ1n) is 9.64. The normalized spacial score (nSPS) is 16.8. The molecule has 0 saturated carbocycles. The summed E-state index contributed by atoms with van der Waals surface area (Å²) < 4.78 is 0. The average Bonchev–Trinajstić information content (AvgIpc) is 2.68. The molecular weight excluding hydrogens is 374 g/mol. The topological polar surface area (TPSA) is 53.9 Å². The zero-order valence-corrected chi connectivity index (χ0v) is 17.1. The van der Waals surface area contributed by atoms with Crippen LogP contribution < -0.4 is 10.2 Å². The lowest BCUT2D eigenvalue weighted by Crippen LogP contribution is -3.11. The van der Waals surface area contributed by atoms with Gasteiger partial charge in [-0.05, 0) is 54.7 Å². The van der Waals surface area contributed by atoms with Crippen LogP contribution in [0.2, 0.25) is 5.02 Å². The third-order valence-corrected chi connectivity index (χ3v) is 5.49. The zero-order chi connectivity index (χ0) is 20.1. The van der Waals surface area contributed by atoms with Gasteiger partial charge in [-0.15, -0.1) is 0 Å². The van der Waals surface area contributed by atoms with Crippen LogP contribution in [0.5, 0.6) is 0 Å². The highest BCUT2D eigenvalue weighted by Crippen LogP contribution is 2.33. The molecule has 148 valence electrons. The van der Waals surface area contributed by atoms with Crippen molar-refractivity contribution in [3.05, 3.63) is 64.7 Å². The molecule has 0 fully saturated rings. The number of carbonyl (C=O) groups excluding carboxylic acids is 2. The first kappa shape index (κ1) is 20.4. The lowest BCUT2D eigenvalue weighted by Gasteiger charge is -2.33. The highest BCUT2D eigenvalue weighted by atomic mass is 35.5. The first-order valence-corrected chi connectivity index (χ1v) is 10.0. The minimum atomic E-state index is -0.127. The van der Waals surface area contributed by atoms with Crippen LogP contribution in [0.3, 0.4) is 0 Å². The Labute approximate surface area is 171 Å². The number of likely N-dealkylation sites (N-methyl/N-ethyl adjacent to an activating group) is 2. The number of aryl methyl sites for hydroxylation is 1. The fourth-order valence-electron chi connectivity index (χ4n) is 3.76. The van der Waals surface area contributed by atoms with Crippen molar-refractivity contribution in [2.45, 2.75) is 25.3 Å². The molecule has 1 aliphatic carbocycles. The van der Waals surface area contributed by atoms with Gasteiger partial charge in [0.25, 0.3) is 11.8 Å². The summed E-state index contributed by atoms with van der Waals surface area (Å²) in [5.74, 6) is -0.0724. The smallest absolute Gasteiger partial charge is 0.279 e. The van der Waals surface area contributed by atoms with Crippen molar-refractivity contribution in [3.8, 4) is 0 Å². The van der Waals surface area contributed by atoms with Gasteiger partial charge in [-0.2, -0.15) is 0 Å². The van der Waals surface area contributed by atoms with Crippen molar-refractivity contribution in [1.82, 2.24) is 4.90 Å². The number of anilines is 1. The number of benzene rings is 2. The van der Waals surface area contributed by atoms with E-state index in [1.807, 2.05) is 25.1 Å². The van der Waals surface area contributed by atoms with Gasteiger partial charge in [0.05, 0.1) is 13.1 Å². The summed E-state index contributed by atoms with van der Waals surface area (Å²) in [6.07, 6.45) is 3.14.